The fourth-order valence-electron chi connectivity index (χ4n) is 2.09. The van der Waals surface area contributed by atoms with Gasteiger partial charge in [0, 0.05) is 16.5 Å². The van der Waals surface area contributed by atoms with Gasteiger partial charge in [0.05, 0.1) is 5.56 Å². The van der Waals surface area contributed by atoms with Gasteiger partial charge in [-0.1, -0.05) is 0 Å². The van der Waals surface area contributed by atoms with E-state index in [2.05, 4.69) is 0 Å². The average Bonchev–Trinajstić information content (AvgIpc) is 3.00. The number of ether oxygens (including phenoxy) is 2. The molecule has 0 saturated heterocycles. The van der Waals surface area contributed by atoms with Crippen molar-refractivity contribution >= 4 is 23.1 Å². The Morgan fingerprint density at radius 3 is 2.95 bits per heavy atom. The summed E-state index contributed by atoms with van der Waals surface area (Å²) in [5, 5.41) is 8.96. The molecule has 0 radical (unpaired) electrons. The number of rotatable bonds is 4. The van der Waals surface area contributed by atoms with Gasteiger partial charge in [-0.25, -0.2) is 4.79 Å². The SMILES string of the molecule is Cc1sc(C(=O)O)cc1COc1ccc2c(c1)OCC2=O. The first-order valence-electron chi connectivity index (χ1n) is 6.30. The van der Waals surface area contributed by atoms with E-state index in [1.165, 1.54) is 11.3 Å². The van der Waals surface area contributed by atoms with Crippen molar-refractivity contribution in [2.24, 2.45) is 0 Å². The Kier molecular flexibility index (Phi) is 3.39. The first kappa shape index (κ1) is 13.6. The van der Waals surface area contributed by atoms with Gasteiger partial charge in [-0.2, -0.15) is 0 Å². The van der Waals surface area contributed by atoms with Crippen LogP contribution < -0.4 is 9.47 Å². The summed E-state index contributed by atoms with van der Waals surface area (Å²) in [4.78, 5) is 23.6. The largest absolute Gasteiger partial charge is 0.489 e. The summed E-state index contributed by atoms with van der Waals surface area (Å²) in [6, 6.07) is 6.70. The zero-order chi connectivity index (χ0) is 15.0. The van der Waals surface area contributed by atoms with Crippen LogP contribution in [0.4, 0.5) is 0 Å². The standard InChI is InChI=1S/C15H12O5S/c1-8-9(4-14(21-8)15(17)18)6-19-10-2-3-11-12(16)7-20-13(11)5-10/h2-5H,6-7H2,1H3,(H,17,18). The van der Waals surface area contributed by atoms with Crippen LogP contribution in [0.1, 0.15) is 30.5 Å². The number of hydrogen-bond donors (Lipinski definition) is 1. The van der Waals surface area contributed by atoms with E-state index in [1.807, 2.05) is 6.92 Å². The van der Waals surface area contributed by atoms with E-state index >= 15 is 0 Å². The number of carboxylic acids is 1. The lowest BCUT2D eigenvalue weighted by atomic mass is 10.1. The number of benzene rings is 1. The Balaban J connectivity index is 1.74. The first-order valence-corrected chi connectivity index (χ1v) is 7.11. The van der Waals surface area contributed by atoms with Crippen molar-refractivity contribution in [2.45, 2.75) is 13.5 Å². The zero-order valence-corrected chi connectivity index (χ0v) is 12.0. The molecule has 0 aliphatic carbocycles. The molecule has 0 saturated carbocycles. The zero-order valence-electron chi connectivity index (χ0n) is 11.2. The molecule has 1 aliphatic heterocycles. The van der Waals surface area contributed by atoms with Crippen molar-refractivity contribution in [1.29, 1.82) is 0 Å². The number of carbonyl (C=O) groups is 2. The predicted molar refractivity (Wildman–Crippen MR) is 76.6 cm³/mol. The summed E-state index contributed by atoms with van der Waals surface area (Å²) in [5.41, 5.74) is 1.41. The van der Waals surface area contributed by atoms with Crippen molar-refractivity contribution in [3.8, 4) is 11.5 Å². The molecule has 2 heterocycles. The molecule has 6 heteroatoms. The Hall–Kier alpha value is -2.34. The summed E-state index contributed by atoms with van der Waals surface area (Å²) in [7, 11) is 0. The fraction of sp³-hybridized carbons (Fsp3) is 0.200. The second-order valence-electron chi connectivity index (χ2n) is 4.66. The average molecular weight is 304 g/mol. The molecule has 0 spiro atoms. The van der Waals surface area contributed by atoms with Gasteiger partial charge in [0.25, 0.3) is 0 Å². The van der Waals surface area contributed by atoms with Crippen LogP contribution in [0.25, 0.3) is 0 Å². The molecule has 0 amide bonds. The molecular weight excluding hydrogens is 292 g/mol. The highest BCUT2D eigenvalue weighted by molar-refractivity contribution is 7.14. The van der Waals surface area contributed by atoms with Gasteiger partial charge < -0.3 is 14.6 Å². The normalized spacial score (nSPS) is 12.9. The maximum atomic E-state index is 11.4. The molecule has 1 N–H and O–H groups in total. The molecular formula is C15H12O5S. The number of aryl methyl sites for hydroxylation is 1. The van der Waals surface area contributed by atoms with E-state index < -0.39 is 5.97 Å². The number of ketones is 1. The Bertz CT molecular complexity index is 732. The minimum atomic E-state index is -0.932. The molecule has 1 aromatic heterocycles. The van der Waals surface area contributed by atoms with Crippen LogP contribution >= 0.6 is 11.3 Å². The first-order chi connectivity index (χ1) is 10.0. The Morgan fingerprint density at radius 1 is 1.43 bits per heavy atom. The maximum absolute atomic E-state index is 11.4. The van der Waals surface area contributed by atoms with Gasteiger partial charge in [-0.15, -0.1) is 11.3 Å². The number of fused-ring (bicyclic) bond motifs is 1. The van der Waals surface area contributed by atoms with Crippen molar-refractivity contribution in [2.75, 3.05) is 6.61 Å². The molecule has 0 atom stereocenters. The lowest BCUT2D eigenvalue weighted by Gasteiger charge is -2.07. The molecule has 108 valence electrons. The second kappa shape index (κ2) is 5.21. The third kappa shape index (κ3) is 2.62. The predicted octanol–water partition coefficient (Wildman–Crippen LogP) is 2.91. The minimum absolute atomic E-state index is 0.0312. The highest BCUT2D eigenvalue weighted by atomic mass is 32.1. The lowest BCUT2D eigenvalue weighted by molar-refractivity contribution is 0.0701. The van der Waals surface area contributed by atoms with Crippen molar-refractivity contribution < 1.29 is 24.2 Å². The smallest absolute Gasteiger partial charge is 0.345 e. The van der Waals surface area contributed by atoms with E-state index in [0.717, 1.165) is 10.4 Å². The molecule has 0 unspecified atom stereocenters. The maximum Gasteiger partial charge on any atom is 0.345 e. The van der Waals surface area contributed by atoms with E-state index in [9.17, 15) is 9.59 Å². The van der Waals surface area contributed by atoms with Crippen LogP contribution in [-0.4, -0.2) is 23.5 Å². The van der Waals surface area contributed by atoms with Crippen LogP contribution in [0.2, 0.25) is 0 Å². The van der Waals surface area contributed by atoms with Crippen LogP contribution in [0.3, 0.4) is 0 Å². The lowest BCUT2D eigenvalue weighted by Crippen LogP contribution is -1.98. The minimum Gasteiger partial charge on any atom is -0.489 e. The van der Waals surface area contributed by atoms with Crippen molar-refractivity contribution in [3.63, 3.8) is 0 Å². The third-order valence-electron chi connectivity index (χ3n) is 3.24. The second-order valence-corrected chi connectivity index (χ2v) is 5.91. The summed E-state index contributed by atoms with van der Waals surface area (Å²) >= 11 is 1.23. The van der Waals surface area contributed by atoms with Crippen molar-refractivity contribution in [1.82, 2.24) is 0 Å². The molecule has 0 fully saturated rings. The fourth-order valence-corrected chi connectivity index (χ4v) is 2.96. The third-order valence-corrected chi connectivity index (χ3v) is 4.32. The van der Waals surface area contributed by atoms with Crippen LogP contribution in [0.5, 0.6) is 11.5 Å². The quantitative estimate of drug-likeness (QED) is 0.940. The summed E-state index contributed by atoms with van der Waals surface area (Å²) in [5.74, 6) is 0.159. The van der Waals surface area contributed by atoms with Crippen LogP contribution in [-0.2, 0) is 6.61 Å². The van der Waals surface area contributed by atoms with Gasteiger partial charge >= 0.3 is 5.97 Å². The monoisotopic (exact) mass is 304 g/mol. The summed E-state index contributed by atoms with van der Waals surface area (Å²) in [6.45, 7) is 2.22. The molecule has 0 bridgehead atoms. The highest BCUT2D eigenvalue weighted by Crippen LogP contribution is 2.30. The van der Waals surface area contributed by atoms with Gasteiger partial charge in [0.2, 0.25) is 5.78 Å². The number of hydrogen-bond acceptors (Lipinski definition) is 5. The highest BCUT2D eigenvalue weighted by Gasteiger charge is 2.21. The molecule has 2 aromatic rings. The number of Topliss-reactive ketones (excluding diaryl/α,β-unsaturated/α-hetero) is 1. The molecule has 5 nitrogen and oxygen atoms in total. The van der Waals surface area contributed by atoms with E-state index in [4.69, 9.17) is 14.6 Å². The van der Waals surface area contributed by atoms with Crippen molar-refractivity contribution in [3.05, 3.63) is 45.1 Å². The number of aromatic carboxylic acids is 1. The summed E-state index contributed by atoms with van der Waals surface area (Å²) in [6.07, 6.45) is 0. The van der Waals surface area contributed by atoms with Crippen LogP contribution in [0, 0.1) is 6.92 Å². The van der Waals surface area contributed by atoms with Crippen LogP contribution in [0.15, 0.2) is 24.3 Å². The van der Waals surface area contributed by atoms with Gasteiger partial charge in [-0.05, 0) is 25.1 Å². The Morgan fingerprint density at radius 2 is 2.24 bits per heavy atom. The molecule has 1 aliphatic rings. The summed E-state index contributed by atoms with van der Waals surface area (Å²) < 4.78 is 10.9. The number of carbonyl (C=O) groups excluding carboxylic acids is 1. The van der Waals surface area contributed by atoms with E-state index in [0.29, 0.717) is 21.9 Å². The van der Waals surface area contributed by atoms with E-state index in [1.54, 1.807) is 24.3 Å². The molecule has 1 aromatic carbocycles. The van der Waals surface area contributed by atoms with Gasteiger partial charge in [0.15, 0.2) is 6.61 Å². The molecule has 21 heavy (non-hydrogen) atoms. The number of thiophene rings is 1. The van der Waals surface area contributed by atoms with E-state index in [-0.39, 0.29) is 19.0 Å². The molecule has 3 rings (SSSR count). The topological polar surface area (TPSA) is 72.8 Å². The van der Waals surface area contributed by atoms with Gasteiger partial charge in [0.1, 0.15) is 23.0 Å². The Labute approximate surface area is 124 Å². The number of carboxylic acid groups (broad SMARTS) is 1. The van der Waals surface area contributed by atoms with Gasteiger partial charge in [-0.3, -0.25) is 4.79 Å².